The maximum absolute atomic E-state index is 11.9. The largest absolute Gasteiger partial charge is 0.352 e. The molecule has 0 aliphatic heterocycles. The Morgan fingerprint density at radius 3 is 2.54 bits per heavy atom. The van der Waals surface area contributed by atoms with Crippen LogP contribution in [0.15, 0.2) is 41.8 Å². The summed E-state index contributed by atoms with van der Waals surface area (Å²) in [6, 6.07) is 11.0. The standard InChI is InChI=1S/C20H24N2O3S/c1-14(2)11-20(25)22-16-6-3-5-15(12-16)13-21-19(24)9-8-17(23)18-7-4-10-26-18/h3-7,10,12,14H,8-9,11,13H2,1-2H3,(H,21,24)(H,22,25). The Morgan fingerprint density at radius 2 is 1.85 bits per heavy atom. The van der Waals surface area contributed by atoms with Gasteiger partial charge in [-0.3, -0.25) is 14.4 Å². The first-order chi connectivity index (χ1) is 12.4. The lowest BCUT2D eigenvalue weighted by Gasteiger charge is -2.09. The van der Waals surface area contributed by atoms with Crippen LogP contribution in [0.3, 0.4) is 0 Å². The molecule has 0 atom stereocenters. The van der Waals surface area contributed by atoms with Crippen molar-refractivity contribution in [3.63, 3.8) is 0 Å². The van der Waals surface area contributed by atoms with Crippen LogP contribution in [0.5, 0.6) is 0 Å². The number of ketones is 1. The molecule has 1 heterocycles. The summed E-state index contributed by atoms with van der Waals surface area (Å²) >= 11 is 1.39. The van der Waals surface area contributed by atoms with Crippen LogP contribution in [0.25, 0.3) is 0 Å². The smallest absolute Gasteiger partial charge is 0.224 e. The highest BCUT2D eigenvalue weighted by Gasteiger charge is 2.10. The van der Waals surface area contributed by atoms with Crippen molar-refractivity contribution in [3.8, 4) is 0 Å². The zero-order chi connectivity index (χ0) is 18.9. The number of hydrogen-bond acceptors (Lipinski definition) is 4. The minimum atomic E-state index is -0.163. The zero-order valence-electron chi connectivity index (χ0n) is 15.1. The fourth-order valence-electron chi connectivity index (χ4n) is 2.42. The predicted octanol–water partition coefficient (Wildman–Crippen LogP) is 4.01. The van der Waals surface area contributed by atoms with Crippen molar-refractivity contribution in [2.24, 2.45) is 5.92 Å². The summed E-state index contributed by atoms with van der Waals surface area (Å²) in [5, 5.41) is 7.52. The first kappa shape index (κ1) is 19.8. The molecule has 0 saturated heterocycles. The van der Waals surface area contributed by atoms with Gasteiger partial charge in [0.05, 0.1) is 4.88 Å². The van der Waals surface area contributed by atoms with Crippen molar-refractivity contribution in [2.45, 2.75) is 39.7 Å². The van der Waals surface area contributed by atoms with E-state index in [0.717, 1.165) is 11.3 Å². The molecule has 0 fully saturated rings. The Labute approximate surface area is 157 Å². The molecule has 0 aliphatic carbocycles. The van der Waals surface area contributed by atoms with E-state index in [1.54, 1.807) is 6.07 Å². The summed E-state index contributed by atoms with van der Waals surface area (Å²) in [5.74, 6) is 0.108. The highest BCUT2D eigenvalue weighted by atomic mass is 32.1. The molecule has 0 bridgehead atoms. The number of carbonyl (C=O) groups is 3. The van der Waals surface area contributed by atoms with Gasteiger partial charge in [0.25, 0.3) is 0 Å². The molecule has 0 aliphatic rings. The van der Waals surface area contributed by atoms with E-state index in [1.165, 1.54) is 11.3 Å². The molecular formula is C20H24N2O3S. The van der Waals surface area contributed by atoms with Crippen molar-refractivity contribution in [2.75, 3.05) is 5.32 Å². The van der Waals surface area contributed by atoms with E-state index in [2.05, 4.69) is 10.6 Å². The fourth-order valence-corrected chi connectivity index (χ4v) is 3.11. The van der Waals surface area contributed by atoms with E-state index in [9.17, 15) is 14.4 Å². The van der Waals surface area contributed by atoms with Gasteiger partial charge in [0, 0.05) is 31.5 Å². The Hall–Kier alpha value is -2.47. The van der Waals surface area contributed by atoms with Gasteiger partial charge in [0.1, 0.15) is 0 Å². The number of hydrogen-bond donors (Lipinski definition) is 2. The summed E-state index contributed by atoms with van der Waals surface area (Å²) in [7, 11) is 0. The highest BCUT2D eigenvalue weighted by molar-refractivity contribution is 7.12. The Balaban J connectivity index is 1.78. The van der Waals surface area contributed by atoms with Crippen LogP contribution in [-0.4, -0.2) is 17.6 Å². The molecule has 5 nitrogen and oxygen atoms in total. The van der Waals surface area contributed by atoms with Gasteiger partial charge < -0.3 is 10.6 Å². The third kappa shape index (κ3) is 6.80. The number of amides is 2. The number of thiophene rings is 1. The first-order valence-electron chi connectivity index (χ1n) is 8.66. The molecule has 2 rings (SSSR count). The van der Waals surface area contributed by atoms with Crippen LogP contribution >= 0.6 is 11.3 Å². The second-order valence-electron chi connectivity index (χ2n) is 6.52. The van der Waals surface area contributed by atoms with Gasteiger partial charge in [0.2, 0.25) is 11.8 Å². The summed E-state index contributed by atoms with van der Waals surface area (Å²) in [6.45, 7) is 4.35. The lowest BCUT2D eigenvalue weighted by atomic mass is 10.1. The third-order valence-electron chi connectivity index (χ3n) is 3.67. The molecule has 0 spiro atoms. The quantitative estimate of drug-likeness (QED) is 0.653. The first-order valence-corrected chi connectivity index (χ1v) is 9.54. The second-order valence-corrected chi connectivity index (χ2v) is 7.47. The normalized spacial score (nSPS) is 10.6. The Kier molecular flexibility index (Phi) is 7.53. The lowest BCUT2D eigenvalue weighted by Crippen LogP contribution is -2.23. The van der Waals surface area contributed by atoms with Crippen LogP contribution in [0, 0.1) is 5.92 Å². The van der Waals surface area contributed by atoms with E-state index in [1.807, 2.05) is 49.6 Å². The highest BCUT2D eigenvalue weighted by Crippen LogP contribution is 2.13. The maximum Gasteiger partial charge on any atom is 0.224 e. The van der Waals surface area contributed by atoms with Gasteiger partial charge in [-0.05, 0) is 35.1 Å². The second kappa shape index (κ2) is 9.87. The third-order valence-corrected chi connectivity index (χ3v) is 4.58. The molecule has 1 aromatic carbocycles. The van der Waals surface area contributed by atoms with Crippen LogP contribution < -0.4 is 10.6 Å². The van der Waals surface area contributed by atoms with Crippen LogP contribution in [0.4, 0.5) is 5.69 Å². The molecule has 1 aromatic heterocycles. The molecule has 2 amide bonds. The summed E-state index contributed by atoms with van der Waals surface area (Å²) in [4.78, 5) is 36.4. The predicted molar refractivity (Wildman–Crippen MR) is 104 cm³/mol. The molecule has 0 radical (unpaired) electrons. The van der Waals surface area contributed by atoms with E-state index in [4.69, 9.17) is 0 Å². The molecule has 2 N–H and O–H groups in total. The van der Waals surface area contributed by atoms with Crippen molar-refractivity contribution in [3.05, 3.63) is 52.2 Å². The fraction of sp³-hybridized carbons (Fsp3) is 0.350. The number of rotatable bonds is 9. The van der Waals surface area contributed by atoms with Gasteiger partial charge >= 0.3 is 0 Å². The van der Waals surface area contributed by atoms with Crippen molar-refractivity contribution >= 4 is 34.6 Å². The van der Waals surface area contributed by atoms with Crippen molar-refractivity contribution in [1.29, 1.82) is 0 Å². The molecular weight excluding hydrogens is 348 g/mol. The van der Waals surface area contributed by atoms with Gasteiger partial charge in [-0.2, -0.15) is 0 Å². The monoisotopic (exact) mass is 372 g/mol. The van der Waals surface area contributed by atoms with Crippen molar-refractivity contribution < 1.29 is 14.4 Å². The average molecular weight is 372 g/mol. The molecule has 0 saturated carbocycles. The number of nitrogens with one attached hydrogen (secondary N) is 2. The summed E-state index contributed by atoms with van der Waals surface area (Å²) in [6.07, 6.45) is 0.846. The number of Topliss-reactive ketones (excluding diaryl/α,β-unsaturated/α-hetero) is 1. The molecule has 6 heteroatoms. The van der Waals surface area contributed by atoms with Crippen LogP contribution in [0.1, 0.15) is 48.3 Å². The minimum absolute atomic E-state index is 0.00925. The zero-order valence-corrected chi connectivity index (χ0v) is 15.9. The Morgan fingerprint density at radius 1 is 1.04 bits per heavy atom. The number of benzene rings is 1. The van der Waals surface area contributed by atoms with E-state index < -0.39 is 0 Å². The van der Waals surface area contributed by atoms with E-state index in [-0.39, 0.29) is 30.4 Å². The molecule has 26 heavy (non-hydrogen) atoms. The number of anilines is 1. The van der Waals surface area contributed by atoms with Gasteiger partial charge in [-0.25, -0.2) is 0 Å². The van der Waals surface area contributed by atoms with Crippen LogP contribution in [-0.2, 0) is 16.1 Å². The molecule has 138 valence electrons. The Bertz CT molecular complexity index is 754. The lowest BCUT2D eigenvalue weighted by molar-refractivity contribution is -0.121. The maximum atomic E-state index is 11.9. The SMILES string of the molecule is CC(C)CC(=O)Nc1cccc(CNC(=O)CCC(=O)c2cccs2)c1. The topological polar surface area (TPSA) is 75.3 Å². The minimum Gasteiger partial charge on any atom is -0.352 e. The van der Waals surface area contributed by atoms with Crippen LogP contribution in [0.2, 0.25) is 0 Å². The average Bonchev–Trinajstić information content (AvgIpc) is 3.12. The van der Waals surface area contributed by atoms with Gasteiger partial charge in [0.15, 0.2) is 5.78 Å². The molecule has 0 unspecified atom stereocenters. The van der Waals surface area contributed by atoms with Crippen molar-refractivity contribution in [1.82, 2.24) is 5.32 Å². The van der Waals surface area contributed by atoms with E-state index >= 15 is 0 Å². The van der Waals surface area contributed by atoms with Gasteiger partial charge in [-0.1, -0.05) is 32.0 Å². The summed E-state index contributed by atoms with van der Waals surface area (Å²) in [5.41, 5.74) is 1.61. The van der Waals surface area contributed by atoms with E-state index in [0.29, 0.717) is 23.8 Å². The number of carbonyl (C=O) groups excluding carboxylic acids is 3. The molecule has 2 aromatic rings. The summed E-state index contributed by atoms with van der Waals surface area (Å²) < 4.78 is 0. The van der Waals surface area contributed by atoms with Gasteiger partial charge in [-0.15, -0.1) is 11.3 Å².